The minimum Gasteiger partial charge on any atom is -0.508 e. The third kappa shape index (κ3) is 2.11. The second-order valence-corrected chi connectivity index (χ2v) is 3.53. The Labute approximate surface area is 93.5 Å². The van der Waals surface area contributed by atoms with Gasteiger partial charge in [-0.05, 0) is 41.0 Å². The molecule has 16 heavy (non-hydrogen) atoms. The fraction of sp³-hybridized carbons (Fsp3) is 0. The van der Waals surface area contributed by atoms with Crippen LogP contribution in [0.1, 0.15) is 11.1 Å². The Bertz CT molecular complexity index is 450. The largest absolute Gasteiger partial charge is 0.508 e. The molecule has 0 saturated heterocycles. The molecule has 2 heteroatoms. The molecule has 2 aromatic rings. The van der Waals surface area contributed by atoms with E-state index in [0.29, 0.717) is 0 Å². The Hall–Kier alpha value is -2.09. The van der Waals surface area contributed by atoms with E-state index < -0.39 is 0 Å². The minimum absolute atomic E-state index is 0.218. The van der Waals surface area contributed by atoms with Gasteiger partial charge in [0.05, 0.1) is 0 Å². The summed E-state index contributed by atoms with van der Waals surface area (Å²) >= 11 is 0. The summed E-state index contributed by atoms with van der Waals surface area (Å²) in [4.78, 5) is 0. The zero-order valence-corrected chi connectivity index (χ0v) is 8.65. The van der Waals surface area contributed by atoms with Gasteiger partial charge in [-0.15, -0.1) is 0 Å². The first-order chi connectivity index (χ1) is 7.66. The lowest BCUT2D eigenvalue weighted by molar-refractivity contribution is 0.475. The molecule has 0 radical (unpaired) electrons. The van der Waals surface area contributed by atoms with Crippen molar-refractivity contribution in [2.24, 2.45) is 0 Å². The molecule has 0 heterocycles. The van der Waals surface area contributed by atoms with Crippen LogP contribution < -0.4 is 0 Å². The van der Waals surface area contributed by atoms with Crippen LogP contribution in [0.4, 0.5) is 4.39 Å². The maximum absolute atomic E-state index is 12.7. The van der Waals surface area contributed by atoms with Crippen LogP contribution in [0.15, 0.2) is 55.1 Å². The summed E-state index contributed by atoms with van der Waals surface area (Å²) in [5.74, 6) is -0.0436. The standard InChI is InChI=1S/C14H11FO/c1-10(11-2-6-13(15)7-3-11)12-4-8-14(16)9-5-12/h2-9,16H,1H2. The van der Waals surface area contributed by atoms with Crippen LogP contribution in [0.25, 0.3) is 5.57 Å². The van der Waals surface area contributed by atoms with Gasteiger partial charge in [-0.3, -0.25) is 0 Å². The highest BCUT2D eigenvalue weighted by molar-refractivity contribution is 5.78. The molecule has 80 valence electrons. The van der Waals surface area contributed by atoms with Crippen molar-refractivity contribution in [1.29, 1.82) is 0 Å². The molecule has 1 N–H and O–H groups in total. The highest BCUT2D eigenvalue weighted by Crippen LogP contribution is 2.23. The van der Waals surface area contributed by atoms with E-state index in [1.165, 1.54) is 12.1 Å². The lowest BCUT2D eigenvalue weighted by atomic mass is 10.00. The Balaban J connectivity index is 2.32. The van der Waals surface area contributed by atoms with E-state index in [1.807, 2.05) is 0 Å². The van der Waals surface area contributed by atoms with E-state index in [2.05, 4.69) is 6.58 Å². The predicted octanol–water partition coefficient (Wildman–Crippen LogP) is 3.59. The summed E-state index contributed by atoms with van der Waals surface area (Å²) in [5.41, 5.74) is 2.58. The van der Waals surface area contributed by atoms with Gasteiger partial charge in [-0.2, -0.15) is 0 Å². The number of halogens is 1. The molecule has 1 nitrogen and oxygen atoms in total. The van der Waals surface area contributed by atoms with Gasteiger partial charge >= 0.3 is 0 Å². The van der Waals surface area contributed by atoms with Gasteiger partial charge in [0.25, 0.3) is 0 Å². The molecule has 0 fully saturated rings. The lowest BCUT2D eigenvalue weighted by Gasteiger charge is -2.06. The fourth-order valence-electron chi connectivity index (χ4n) is 1.48. The molecular weight excluding hydrogens is 203 g/mol. The van der Waals surface area contributed by atoms with E-state index in [0.717, 1.165) is 16.7 Å². The Morgan fingerprint density at radius 1 is 0.875 bits per heavy atom. The van der Waals surface area contributed by atoms with Crippen molar-refractivity contribution < 1.29 is 9.50 Å². The van der Waals surface area contributed by atoms with Crippen molar-refractivity contribution in [3.8, 4) is 5.75 Å². The van der Waals surface area contributed by atoms with Crippen molar-refractivity contribution in [1.82, 2.24) is 0 Å². The normalized spacial score (nSPS) is 10.1. The minimum atomic E-state index is -0.262. The first kappa shape index (κ1) is 10.4. The van der Waals surface area contributed by atoms with Crippen molar-refractivity contribution in [3.05, 3.63) is 72.1 Å². The zero-order valence-electron chi connectivity index (χ0n) is 8.65. The highest BCUT2D eigenvalue weighted by Gasteiger charge is 2.02. The van der Waals surface area contributed by atoms with Gasteiger partial charge < -0.3 is 5.11 Å². The maximum Gasteiger partial charge on any atom is 0.123 e. The number of benzene rings is 2. The first-order valence-corrected chi connectivity index (χ1v) is 4.91. The highest BCUT2D eigenvalue weighted by atomic mass is 19.1. The van der Waals surface area contributed by atoms with Crippen LogP contribution in [-0.4, -0.2) is 5.11 Å². The molecule has 0 unspecified atom stereocenters. The summed E-state index contributed by atoms with van der Waals surface area (Å²) in [6, 6.07) is 12.9. The molecule has 2 rings (SSSR count). The molecule has 0 aliphatic carbocycles. The predicted molar refractivity (Wildman–Crippen MR) is 62.6 cm³/mol. The van der Waals surface area contributed by atoms with Crippen molar-refractivity contribution in [2.75, 3.05) is 0 Å². The lowest BCUT2D eigenvalue weighted by Crippen LogP contribution is -1.86. The molecule has 0 atom stereocenters. The number of hydrogen-bond acceptors (Lipinski definition) is 1. The van der Waals surface area contributed by atoms with Crippen LogP contribution in [-0.2, 0) is 0 Å². The number of aromatic hydroxyl groups is 1. The van der Waals surface area contributed by atoms with Crippen LogP contribution >= 0.6 is 0 Å². The molecule has 0 amide bonds. The summed E-state index contributed by atoms with van der Waals surface area (Å²) < 4.78 is 12.7. The summed E-state index contributed by atoms with van der Waals surface area (Å²) in [6.07, 6.45) is 0. The molecule has 0 aromatic heterocycles. The van der Waals surface area contributed by atoms with Crippen LogP contribution in [0, 0.1) is 5.82 Å². The van der Waals surface area contributed by atoms with Crippen molar-refractivity contribution in [2.45, 2.75) is 0 Å². The number of phenols is 1. The number of hydrogen-bond donors (Lipinski definition) is 1. The van der Waals surface area contributed by atoms with Crippen LogP contribution in [0.5, 0.6) is 5.75 Å². The van der Waals surface area contributed by atoms with E-state index in [9.17, 15) is 4.39 Å². The van der Waals surface area contributed by atoms with Gasteiger partial charge in [0, 0.05) is 0 Å². The smallest absolute Gasteiger partial charge is 0.123 e. The fourth-order valence-corrected chi connectivity index (χ4v) is 1.48. The Kier molecular flexibility index (Phi) is 2.73. The third-order valence-electron chi connectivity index (χ3n) is 2.41. The molecule has 2 aromatic carbocycles. The Morgan fingerprint density at radius 2 is 1.31 bits per heavy atom. The van der Waals surface area contributed by atoms with Gasteiger partial charge in [0.15, 0.2) is 0 Å². The first-order valence-electron chi connectivity index (χ1n) is 4.91. The summed E-state index contributed by atoms with van der Waals surface area (Å²) in [6.45, 7) is 3.95. The second-order valence-electron chi connectivity index (χ2n) is 3.53. The third-order valence-corrected chi connectivity index (χ3v) is 2.41. The summed E-state index contributed by atoms with van der Waals surface area (Å²) in [5, 5.41) is 9.17. The monoisotopic (exact) mass is 214 g/mol. The van der Waals surface area contributed by atoms with Crippen molar-refractivity contribution in [3.63, 3.8) is 0 Å². The number of phenolic OH excluding ortho intramolecular Hbond substituents is 1. The molecule has 0 bridgehead atoms. The second kappa shape index (κ2) is 4.19. The summed E-state index contributed by atoms with van der Waals surface area (Å²) in [7, 11) is 0. The molecule has 0 spiro atoms. The van der Waals surface area contributed by atoms with Gasteiger partial charge in [-0.1, -0.05) is 30.8 Å². The molecule has 0 saturated carbocycles. The average Bonchev–Trinajstić information content (AvgIpc) is 2.30. The van der Waals surface area contributed by atoms with E-state index >= 15 is 0 Å². The zero-order chi connectivity index (χ0) is 11.5. The molecule has 0 aliphatic rings. The molecule has 0 aliphatic heterocycles. The topological polar surface area (TPSA) is 20.2 Å². The quantitative estimate of drug-likeness (QED) is 0.809. The SMILES string of the molecule is C=C(c1ccc(O)cc1)c1ccc(F)cc1. The van der Waals surface area contributed by atoms with Gasteiger partial charge in [-0.25, -0.2) is 4.39 Å². The van der Waals surface area contributed by atoms with Crippen LogP contribution in [0.2, 0.25) is 0 Å². The van der Waals surface area contributed by atoms with E-state index in [4.69, 9.17) is 5.11 Å². The van der Waals surface area contributed by atoms with Gasteiger partial charge in [0.1, 0.15) is 11.6 Å². The number of rotatable bonds is 2. The van der Waals surface area contributed by atoms with Gasteiger partial charge in [0.2, 0.25) is 0 Å². The Morgan fingerprint density at radius 3 is 1.81 bits per heavy atom. The van der Waals surface area contributed by atoms with E-state index in [-0.39, 0.29) is 11.6 Å². The average molecular weight is 214 g/mol. The van der Waals surface area contributed by atoms with Crippen molar-refractivity contribution >= 4 is 5.57 Å². The van der Waals surface area contributed by atoms with Crippen LogP contribution in [0.3, 0.4) is 0 Å². The molecular formula is C14H11FO. The maximum atomic E-state index is 12.7. The van der Waals surface area contributed by atoms with E-state index in [1.54, 1.807) is 36.4 Å².